The Hall–Kier alpha value is -1.91. The summed E-state index contributed by atoms with van der Waals surface area (Å²) in [4.78, 5) is 16.8. The molecule has 7 nitrogen and oxygen atoms in total. The minimum Gasteiger partial charge on any atom is -0.357 e. The SMILES string of the molecule is CCNC(=NCc1ccc(F)cc1)NCCCn1nc2n(c1=O)CCCC2.I. The van der Waals surface area contributed by atoms with Crippen molar-refractivity contribution in [2.24, 2.45) is 4.99 Å². The second-order valence-electron chi connectivity index (χ2n) is 6.63. The molecule has 0 radical (unpaired) electrons. The van der Waals surface area contributed by atoms with Gasteiger partial charge in [0.25, 0.3) is 0 Å². The number of benzene rings is 1. The van der Waals surface area contributed by atoms with Crippen LogP contribution in [-0.4, -0.2) is 33.4 Å². The average Bonchev–Trinajstić information content (AvgIpc) is 3.00. The standard InChI is InChI=1S/C19H27FN6O.HI/c1-2-21-18(23-14-15-7-9-16(20)10-8-15)22-11-5-13-26-19(27)25-12-4-3-6-17(25)24-26;/h7-10H,2-6,11-14H2,1H3,(H2,21,22,23);1H. The molecule has 28 heavy (non-hydrogen) atoms. The molecule has 0 bridgehead atoms. The zero-order chi connectivity index (χ0) is 19.1. The maximum absolute atomic E-state index is 13.0. The number of hydrogen-bond donors (Lipinski definition) is 2. The van der Waals surface area contributed by atoms with E-state index in [-0.39, 0.29) is 35.5 Å². The molecule has 0 atom stereocenters. The molecule has 0 aliphatic carbocycles. The third-order valence-corrected chi connectivity index (χ3v) is 4.55. The second-order valence-corrected chi connectivity index (χ2v) is 6.63. The highest BCUT2D eigenvalue weighted by Crippen LogP contribution is 2.09. The van der Waals surface area contributed by atoms with Crippen molar-refractivity contribution >= 4 is 29.9 Å². The summed E-state index contributed by atoms with van der Waals surface area (Å²) >= 11 is 0. The molecule has 3 rings (SSSR count). The number of aromatic nitrogens is 3. The van der Waals surface area contributed by atoms with Crippen LogP contribution in [0.15, 0.2) is 34.1 Å². The lowest BCUT2D eigenvalue weighted by Crippen LogP contribution is -2.38. The summed E-state index contributed by atoms with van der Waals surface area (Å²) in [7, 11) is 0. The van der Waals surface area contributed by atoms with Gasteiger partial charge < -0.3 is 10.6 Å². The summed E-state index contributed by atoms with van der Waals surface area (Å²) in [5.41, 5.74) is 0.949. The van der Waals surface area contributed by atoms with Gasteiger partial charge in [0.15, 0.2) is 5.96 Å². The van der Waals surface area contributed by atoms with E-state index >= 15 is 0 Å². The Morgan fingerprint density at radius 3 is 2.75 bits per heavy atom. The van der Waals surface area contributed by atoms with Gasteiger partial charge >= 0.3 is 5.69 Å². The summed E-state index contributed by atoms with van der Waals surface area (Å²) in [6.07, 6.45) is 3.82. The first-order valence-corrected chi connectivity index (χ1v) is 9.60. The number of hydrogen-bond acceptors (Lipinski definition) is 3. The smallest absolute Gasteiger partial charge is 0.345 e. The largest absolute Gasteiger partial charge is 0.357 e. The zero-order valence-electron chi connectivity index (χ0n) is 16.2. The third-order valence-electron chi connectivity index (χ3n) is 4.55. The molecule has 2 N–H and O–H groups in total. The van der Waals surface area contributed by atoms with E-state index in [1.807, 2.05) is 6.92 Å². The fourth-order valence-electron chi connectivity index (χ4n) is 3.13. The number of guanidine groups is 1. The predicted molar refractivity (Wildman–Crippen MR) is 119 cm³/mol. The normalized spacial score (nSPS) is 13.6. The van der Waals surface area contributed by atoms with Crippen molar-refractivity contribution in [3.63, 3.8) is 0 Å². The lowest BCUT2D eigenvalue weighted by Gasteiger charge is -2.11. The molecule has 154 valence electrons. The summed E-state index contributed by atoms with van der Waals surface area (Å²) in [5, 5.41) is 10.9. The maximum Gasteiger partial charge on any atom is 0.345 e. The molecule has 1 aromatic carbocycles. The molecule has 1 aliphatic heterocycles. The lowest BCUT2D eigenvalue weighted by molar-refractivity contribution is 0.509. The fraction of sp³-hybridized carbons (Fsp3) is 0.526. The van der Waals surface area contributed by atoms with Crippen LogP contribution in [0.3, 0.4) is 0 Å². The molecule has 0 fully saturated rings. The average molecular weight is 502 g/mol. The van der Waals surface area contributed by atoms with Gasteiger partial charge in [-0.1, -0.05) is 12.1 Å². The minimum absolute atomic E-state index is 0. The second kappa shape index (κ2) is 11.2. The van der Waals surface area contributed by atoms with Crippen LogP contribution in [0.5, 0.6) is 0 Å². The maximum atomic E-state index is 13.0. The summed E-state index contributed by atoms with van der Waals surface area (Å²) in [5.74, 6) is 1.37. The monoisotopic (exact) mass is 502 g/mol. The van der Waals surface area contributed by atoms with Crippen molar-refractivity contribution < 1.29 is 4.39 Å². The van der Waals surface area contributed by atoms with Crippen molar-refractivity contribution in [1.82, 2.24) is 25.0 Å². The van der Waals surface area contributed by atoms with E-state index in [0.717, 1.165) is 50.2 Å². The molecule has 2 heterocycles. The van der Waals surface area contributed by atoms with Gasteiger partial charge in [0, 0.05) is 32.6 Å². The molecular weight excluding hydrogens is 474 g/mol. The van der Waals surface area contributed by atoms with E-state index in [2.05, 4.69) is 20.7 Å². The van der Waals surface area contributed by atoms with Gasteiger partial charge in [0.1, 0.15) is 11.6 Å². The number of halogens is 2. The number of aryl methyl sites for hydroxylation is 2. The van der Waals surface area contributed by atoms with Crippen molar-refractivity contribution in [2.75, 3.05) is 13.1 Å². The highest BCUT2D eigenvalue weighted by Gasteiger charge is 2.16. The Balaban J connectivity index is 0.00000280. The lowest BCUT2D eigenvalue weighted by atomic mass is 10.2. The molecule has 2 aromatic rings. The Bertz CT molecular complexity index is 830. The van der Waals surface area contributed by atoms with Crippen LogP contribution in [0, 0.1) is 5.82 Å². The van der Waals surface area contributed by atoms with Crippen LogP contribution in [0.4, 0.5) is 4.39 Å². The first kappa shape index (κ1) is 22.4. The molecule has 0 saturated carbocycles. The van der Waals surface area contributed by atoms with Gasteiger partial charge in [-0.3, -0.25) is 4.57 Å². The Morgan fingerprint density at radius 2 is 2.04 bits per heavy atom. The Morgan fingerprint density at radius 1 is 1.25 bits per heavy atom. The van der Waals surface area contributed by atoms with Gasteiger partial charge in [-0.25, -0.2) is 18.9 Å². The van der Waals surface area contributed by atoms with Crippen LogP contribution >= 0.6 is 24.0 Å². The number of nitrogens with zero attached hydrogens (tertiary/aromatic N) is 4. The Kier molecular flexibility index (Phi) is 8.94. The van der Waals surface area contributed by atoms with E-state index in [9.17, 15) is 9.18 Å². The molecule has 9 heteroatoms. The molecule has 0 saturated heterocycles. The van der Waals surface area contributed by atoms with Crippen LogP contribution in [0.1, 0.15) is 37.6 Å². The molecule has 1 aromatic heterocycles. The first-order valence-electron chi connectivity index (χ1n) is 9.60. The van der Waals surface area contributed by atoms with Crippen LogP contribution < -0.4 is 16.3 Å². The highest BCUT2D eigenvalue weighted by atomic mass is 127. The van der Waals surface area contributed by atoms with Crippen molar-refractivity contribution in [3.05, 3.63) is 52.0 Å². The van der Waals surface area contributed by atoms with Gasteiger partial charge in [-0.05, 0) is 43.9 Å². The Labute approximate surface area is 181 Å². The molecular formula is C19H28FIN6O. The summed E-state index contributed by atoms with van der Waals surface area (Å²) < 4.78 is 16.3. The van der Waals surface area contributed by atoms with E-state index in [0.29, 0.717) is 25.6 Å². The van der Waals surface area contributed by atoms with E-state index in [4.69, 9.17) is 0 Å². The molecule has 0 spiro atoms. The molecule has 0 amide bonds. The van der Waals surface area contributed by atoms with E-state index in [1.165, 1.54) is 12.1 Å². The minimum atomic E-state index is -0.246. The highest BCUT2D eigenvalue weighted by molar-refractivity contribution is 14.0. The van der Waals surface area contributed by atoms with Gasteiger partial charge in [-0.15, -0.1) is 24.0 Å². The fourth-order valence-corrected chi connectivity index (χ4v) is 3.13. The summed E-state index contributed by atoms with van der Waals surface area (Å²) in [6, 6.07) is 6.34. The van der Waals surface area contributed by atoms with E-state index < -0.39 is 0 Å². The van der Waals surface area contributed by atoms with Crippen LogP contribution in [-0.2, 0) is 26.1 Å². The predicted octanol–water partition coefficient (Wildman–Crippen LogP) is 2.28. The number of rotatable bonds is 7. The summed E-state index contributed by atoms with van der Waals surface area (Å²) in [6.45, 7) is 5.29. The zero-order valence-corrected chi connectivity index (χ0v) is 18.5. The van der Waals surface area contributed by atoms with Crippen molar-refractivity contribution in [1.29, 1.82) is 0 Å². The van der Waals surface area contributed by atoms with Crippen molar-refractivity contribution in [2.45, 2.75) is 52.2 Å². The molecule has 0 unspecified atom stereocenters. The van der Waals surface area contributed by atoms with Gasteiger partial charge in [0.05, 0.1) is 6.54 Å². The topological polar surface area (TPSA) is 76.2 Å². The quantitative estimate of drug-likeness (QED) is 0.264. The van der Waals surface area contributed by atoms with Crippen molar-refractivity contribution in [3.8, 4) is 0 Å². The van der Waals surface area contributed by atoms with Crippen LogP contribution in [0.25, 0.3) is 0 Å². The molecule has 1 aliphatic rings. The number of aliphatic imine (C=N–C) groups is 1. The first-order chi connectivity index (χ1) is 13.2. The van der Waals surface area contributed by atoms with Crippen LogP contribution in [0.2, 0.25) is 0 Å². The number of fused-ring (bicyclic) bond motifs is 1. The van der Waals surface area contributed by atoms with Gasteiger partial charge in [0.2, 0.25) is 0 Å². The van der Waals surface area contributed by atoms with E-state index in [1.54, 1.807) is 21.4 Å². The number of nitrogens with one attached hydrogen (secondary N) is 2. The van der Waals surface area contributed by atoms with Gasteiger partial charge in [-0.2, -0.15) is 5.10 Å². The third kappa shape index (κ3) is 6.05.